The minimum atomic E-state index is -0.598. The van der Waals surface area contributed by atoms with E-state index in [4.69, 9.17) is 20.0 Å². The molecular formula is C72H112CoN4O4. The Morgan fingerprint density at radius 2 is 0.370 bits per heavy atom. The Bertz CT molecular complexity index is 2570. The number of hydrogen-bond acceptors (Lipinski definition) is 8. The summed E-state index contributed by atoms with van der Waals surface area (Å²) >= 11 is 0. The van der Waals surface area contributed by atoms with E-state index < -0.39 is 22.2 Å². The van der Waals surface area contributed by atoms with Crippen LogP contribution in [0, 0.1) is 0 Å². The molecule has 0 amide bonds. The number of phenolic OH excluding ortho intramolecular Hbond substituents is 4. The van der Waals surface area contributed by atoms with Gasteiger partial charge in [0.15, 0.2) is 0 Å². The second-order valence-corrected chi connectivity index (χ2v) is 33.1. The van der Waals surface area contributed by atoms with Gasteiger partial charge in [-0.1, -0.05) is 190 Å². The minimum Gasteiger partial charge on any atom is -0.507 e. The molecule has 0 saturated heterocycles. The van der Waals surface area contributed by atoms with Crippen molar-refractivity contribution in [3.63, 3.8) is 0 Å². The molecule has 4 aromatic carbocycles. The van der Waals surface area contributed by atoms with Gasteiger partial charge in [0.2, 0.25) is 0 Å². The Balaban J connectivity index is 0.000000547. The number of rotatable bonds is 10. The molecule has 453 valence electrons. The van der Waals surface area contributed by atoms with E-state index in [-0.39, 0.29) is 83.1 Å². The molecule has 0 unspecified atom stereocenters. The molecule has 0 spiro atoms. The topological polar surface area (TPSA) is 130 Å². The average Bonchev–Trinajstić information content (AvgIpc) is 3.24. The fraction of sp³-hybridized carbons (Fsp3) is 0.611. The van der Waals surface area contributed by atoms with Crippen molar-refractivity contribution in [2.75, 3.05) is 0 Å². The van der Waals surface area contributed by atoms with Crippen LogP contribution < -0.4 is 0 Å². The largest absolute Gasteiger partial charge is 0.507 e. The smallest absolute Gasteiger partial charge is 0.128 e. The van der Waals surface area contributed by atoms with Crippen molar-refractivity contribution in [1.82, 2.24) is 0 Å². The van der Waals surface area contributed by atoms with Crippen LogP contribution in [0.15, 0.2) is 68.5 Å². The Kier molecular flexibility index (Phi) is 21.5. The van der Waals surface area contributed by atoms with E-state index in [2.05, 4.69) is 246 Å². The third kappa shape index (κ3) is 18.1. The summed E-state index contributed by atoms with van der Waals surface area (Å²) < 4.78 is 0. The normalized spacial score (nSPS) is 14.3. The fourth-order valence-electron chi connectivity index (χ4n) is 8.60. The van der Waals surface area contributed by atoms with Crippen LogP contribution in [-0.2, 0) is 60.1 Å². The van der Waals surface area contributed by atoms with E-state index in [1.165, 1.54) is 0 Å². The van der Waals surface area contributed by atoms with Gasteiger partial charge in [-0.05, 0) is 145 Å². The Hall–Kier alpha value is -4.73. The first-order valence-electron chi connectivity index (χ1n) is 29.1. The first-order chi connectivity index (χ1) is 35.4. The van der Waals surface area contributed by atoms with Crippen LogP contribution in [0.4, 0.5) is 0 Å². The van der Waals surface area contributed by atoms with Gasteiger partial charge in [0.25, 0.3) is 0 Å². The molecule has 0 aromatic heterocycles. The van der Waals surface area contributed by atoms with Crippen LogP contribution in [0.2, 0.25) is 0 Å². The van der Waals surface area contributed by atoms with E-state index >= 15 is 0 Å². The van der Waals surface area contributed by atoms with Crippen molar-refractivity contribution >= 4 is 24.9 Å². The van der Waals surface area contributed by atoms with Gasteiger partial charge in [-0.3, -0.25) is 20.0 Å². The number of nitrogens with zero attached hydrogens (tertiary/aromatic N) is 4. The number of phenols is 4. The number of benzene rings is 4. The zero-order valence-electron chi connectivity index (χ0n) is 56.8. The third-order valence-corrected chi connectivity index (χ3v) is 16.4. The first-order valence-corrected chi connectivity index (χ1v) is 29.1. The molecule has 0 aliphatic rings. The van der Waals surface area contributed by atoms with Crippen molar-refractivity contribution in [2.45, 2.75) is 287 Å². The summed E-state index contributed by atoms with van der Waals surface area (Å²) in [5.74, 6) is 1.11. The standard InChI is InChI=1S/2C36H56N2O2.Co/c2*1-31(2,3)25-17-23(29(39)27(19-25)33(7,8)9)21-37-35(13,14)36(15,16)38-22-24-18-26(32(4,5)6)20-28(30(24)40)34(10,11)12;/h2*17-22,39-40H,1-16H3;. The van der Waals surface area contributed by atoms with E-state index in [1.807, 2.05) is 24.3 Å². The second-order valence-electron chi connectivity index (χ2n) is 33.1. The quantitative estimate of drug-likeness (QED) is 0.118. The molecule has 0 fully saturated rings. The summed E-state index contributed by atoms with van der Waals surface area (Å²) in [5, 5.41) is 44.9. The molecule has 9 heteroatoms. The second kappa shape index (κ2) is 24.1. The summed E-state index contributed by atoms with van der Waals surface area (Å²) in [4.78, 5) is 20.0. The molecule has 0 aliphatic heterocycles. The van der Waals surface area contributed by atoms with Crippen LogP contribution in [-0.4, -0.2) is 67.4 Å². The van der Waals surface area contributed by atoms with Crippen LogP contribution in [0.25, 0.3) is 0 Å². The fourth-order valence-corrected chi connectivity index (χ4v) is 8.60. The van der Waals surface area contributed by atoms with E-state index in [0.717, 1.165) is 66.8 Å². The van der Waals surface area contributed by atoms with Crippen LogP contribution >= 0.6 is 0 Å². The van der Waals surface area contributed by atoms with Gasteiger partial charge in [-0.2, -0.15) is 0 Å². The molecule has 8 nitrogen and oxygen atoms in total. The maximum Gasteiger partial charge on any atom is 0.128 e. The van der Waals surface area contributed by atoms with Crippen molar-refractivity contribution < 1.29 is 37.2 Å². The van der Waals surface area contributed by atoms with Gasteiger partial charge in [0.05, 0.1) is 22.2 Å². The van der Waals surface area contributed by atoms with Crippen molar-refractivity contribution in [3.8, 4) is 23.0 Å². The van der Waals surface area contributed by atoms with E-state index in [9.17, 15) is 20.4 Å². The molecule has 4 N–H and O–H groups in total. The zero-order valence-corrected chi connectivity index (χ0v) is 57.9. The number of hydrogen-bond donors (Lipinski definition) is 4. The first kappa shape index (κ1) is 72.4. The molecule has 0 heterocycles. The Morgan fingerprint density at radius 3 is 0.481 bits per heavy atom. The van der Waals surface area contributed by atoms with E-state index in [0.29, 0.717) is 0 Å². The van der Waals surface area contributed by atoms with Gasteiger partial charge in [0, 0.05) is 86.1 Å². The predicted octanol–water partition coefficient (Wildman–Crippen LogP) is 18.8. The number of aromatic hydroxyl groups is 4. The predicted molar refractivity (Wildman–Crippen MR) is 349 cm³/mol. The Labute approximate surface area is 504 Å². The average molecular weight is 1160 g/mol. The third-order valence-electron chi connectivity index (χ3n) is 16.4. The van der Waals surface area contributed by atoms with Gasteiger partial charge < -0.3 is 20.4 Å². The summed E-state index contributed by atoms with van der Waals surface area (Å²) in [6, 6.07) is 16.7. The van der Waals surface area contributed by atoms with Gasteiger partial charge in [-0.15, -0.1) is 0 Å². The van der Waals surface area contributed by atoms with Crippen molar-refractivity contribution in [1.29, 1.82) is 0 Å². The Morgan fingerprint density at radius 1 is 0.235 bits per heavy atom. The molecular weight excluding hydrogens is 1040 g/mol. The monoisotopic (exact) mass is 1160 g/mol. The van der Waals surface area contributed by atoms with Gasteiger partial charge in [-0.25, -0.2) is 0 Å². The van der Waals surface area contributed by atoms with Gasteiger partial charge >= 0.3 is 0 Å². The van der Waals surface area contributed by atoms with E-state index in [1.54, 1.807) is 24.9 Å². The molecule has 1 radical (unpaired) electrons. The molecule has 81 heavy (non-hydrogen) atoms. The van der Waals surface area contributed by atoms with Crippen molar-refractivity contribution in [2.24, 2.45) is 20.0 Å². The number of aliphatic imine (C=N–C) groups is 4. The molecule has 0 aliphatic carbocycles. The SMILES string of the molecule is CC(C)(C)c1cc(C=NC(C)(C)C(C)(C)N=Cc2cc(C(C)(C)C)cc(C(C)(C)C)c2O)c(O)c(C(C)(C)C)c1.CC(C)(C)c1cc(C=NC(C)(C)C(C)(C)N=Cc2cc(C(C)(C)C)cc(C(C)(C)C)c2O)c(O)c(C(C)(C)C)c1.[Co]. The summed E-state index contributed by atoms with van der Waals surface area (Å²) in [5.41, 5.74) is 7.72. The molecule has 0 saturated carbocycles. The summed E-state index contributed by atoms with van der Waals surface area (Å²) in [7, 11) is 0. The zero-order chi connectivity index (χ0) is 62.6. The van der Waals surface area contributed by atoms with Crippen LogP contribution in [0.1, 0.15) is 288 Å². The molecule has 0 atom stereocenters. The molecule has 4 rings (SSSR count). The van der Waals surface area contributed by atoms with Crippen LogP contribution in [0.5, 0.6) is 23.0 Å². The van der Waals surface area contributed by atoms with Crippen LogP contribution in [0.3, 0.4) is 0 Å². The van der Waals surface area contributed by atoms with Crippen molar-refractivity contribution in [3.05, 3.63) is 115 Å². The molecule has 4 aromatic rings. The summed E-state index contributed by atoms with van der Waals surface area (Å²) in [6.45, 7) is 68.1. The maximum absolute atomic E-state index is 11.2. The molecule has 0 bridgehead atoms. The summed E-state index contributed by atoms with van der Waals surface area (Å²) in [6.07, 6.45) is 7.19. The maximum atomic E-state index is 11.2. The minimum absolute atomic E-state index is 0. The van der Waals surface area contributed by atoms with Gasteiger partial charge in [0.1, 0.15) is 23.0 Å².